The lowest BCUT2D eigenvalue weighted by atomic mass is 9.97. The van der Waals surface area contributed by atoms with Crippen LogP contribution in [0.4, 0.5) is 0 Å². The van der Waals surface area contributed by atoms with Gasteiger partial charge in [-0.25, -0.2) is 0 Å². The third-order valence-corrected chi connectivity index (χ3v) is 4.08. The molecule has 1 aliphatic rings. The first kappa shape index (κ1) is 14.9. The summed E-state index contributed by atoms with van der Waals surface area (Å²) >= 11 is 4.43. The van der Waals surface area contributed by atoms with Gasteiger partial charge in [0, 0.05) is 13.1 Å². The molecule has 108 valence electrons. The van der Waals surface area contributed by atoms with Gasteiger partial charge in [-0.05, 0) is 25.8 Å². The van der Waals surface area contributed by atoms with E-state index in [0.717, 1.165) is 5.56 Å². The maximum Gasteiger partial charge on any atom is 0.245 e. The Bertz CT molecular complexity index is 502. The van der Waals surface area contributed by atoms with Gasteiger partial charge in [-0.1, -0.05) is 30.3 Å². The van der Waals surface area contributed by atoms with Crippen molar-refractivity contribution in [2.75, 3.05) is 13.1 Å². The van der Waals surface area contributed by atoms with Gasteiger partial charge in [0.05, 0.1) is 5.25 Å². The van der Waals surface area contributed by atoms with Gasteiger partial charge in [-0.15, -0.1) is 0 Å². The molecule has 0 aromatic heterocycles. The van der Waals surface area contributed by atoms with Crippen LogP contribution in [0.15, 0.2) is 30.3 Å². The van der Waals surface area contributed by atoms with Crippen LogP contribution in [0.5, 0.6) is 0 Å². The zero-order valence-electron chi connectivity index (χ0n) is 11.8. The molecule has 5 heteroatoms. The molecule has 0 radical (unpaired) electrons. The van der Waals surface area contributed by atoms with Crippen molar-refractivity contribution in [3.8, 4) is 0 Å². The molecule has 20 heavy (non-hydrogen) atoms. The minimum Gasteiger partial charge on any atom is -0.352 e. The molecule has 0 bridgehead atoms. The number of nitrogens with one attached hydrogen (secondary N) is 1. The highest BCUT2D eigenvalue weighted by Crippen LogP contribution is 2.21. The second-order valence-corrected chi connectivity index (χ2v) is 6.13. The monoisotopic (exact) mass is 292 g/mol. The highest BCUT2D eigenvalue weighted by Gasteiger charge is 2.41. The zero-order valence-corrected chi connectivity index (χ0v) is 12.7. The summed E-state index contributed by atoms with van der Waals surface area (Å²) in [4.78, 5) is 26.0. The largest absolute Gasteiger partial charge is 0.352 e. The van der Waals surface area contributed by atoms with Crippen LogP contribution in [0.1, 0.15) is 19.4 Å². The van der Waals surface area contributed by atoms with Crippen LogP contribution in [0, 0.1) is 0 Å². The molecule has 1 heterocycles. The molecule has 2 rings (SSSR count). The van der Waals surface area contributed by atoms with Crippen molar-refractivity contribution in [2.24, 2.45) is 0 Å². The average Bonchev–Trinajstić information content (AvgIpc) is 2.42. The van der Waals surface area contributed by atoms with E-state index in [1.54, 1.807) is 18.7 Å². The van der Waals surface area contributed by atoms with Crippen LogP contribution >= 0.6 is 12.6 Å². The Morgan fingerprint density at radius 2 is 2.05 bits per heavy atom. The minimum atomic E-state index is -0.812. The fourth-order valence-electron chi connectivity index (χ4n) is 2.39. The summed E-state index contributed by atoms with van der Waals surface area (Å²) in [6.45, 7) is 4.56. The van der Waals surface area contributed by atoms with E-state index < -0.39 is 10.8 Å². The highest BCUT2D eigenvalue weighted by molar-refractivity contribution is 7.81. The fraction of sp³-hybridized carbons (Fsp3) is 0.467. The lowest BCUT2D eigenvalue weighted by Crippen LogP contribution is -2.64. The minimum absolute atomic E-state index is 0.0861. The number of piperazine rings is 1. The first-order valence-electron chi connectivity index (χ1n) is 6.74. The molecule has 1 aromatic carbocycles. The number of carbonyl (C=O) groups excluding carboxylic acids is 2. The molecular weight excluding hydrogens is 272 g/mol. The molecule has 1 N–H and O–H groups in total. The number of benzene rings is 1. The molecule has 1 atom stereocenters. The summed E-state index contributed by atoms with van der Waals surface area (Å²) in [5, 5.41) is 2.36. The van der Waals surface area contributed by atoms with Gasteiger partial charge in [-0.3, -0.25) is 9.59 Å². The molecule has 4 nitrogen and oxygen atoms in total. The Labute approximate surface area is 124 Å². The van der Waals surface area contributed by atoms with E-state index in [0.29, 0.717) is 19.5 Å². The number of amides is 2. The molecule has 2 amide bonds. The molecule has 1 aliphatic heterocycles. The second-order valence-electron chi connectivity index (χ2n) is 5.51. The maximum absolute atomic E-state index is 12.5. The lowest BCUT2D eigenvalue weighted by molar-refractivity contribution is -0.148. The topological polar surface area (TPSA) is 49.4 Å². The smallest absolute Gasteiger partial charge is 0.245 e. The van der Waals surface area contributed by atoms with Gasteiger partial charge in [-0.2, -0.15) is 12.6 Å². The summed E-state index contributed by atoms with van der Waals surface area (Å²) < 4.78 is 0. The van der Waals surface area contributed by atoms with Crippen LogP contribution < -0.4 is 5.32 Å². The maximum atomic E-state index is 12.5. The van der Waals surface area contributed by atoms with Crippen LogP contribution in [0.25, 0.3) is 0 Å². The van der Waals surface area contributed by atoms with Gasteiger partial charge in [0.25, 0.3) is 0 Å². The molecule has 0 spiro atoms. The van der Waals surface area contributed by atoms with Crippen molar-refractivity contribution in [1.82, 2.24) is 10.2 Å². The van der Waals surface area contributed by atoms with Crippen molar-refractivity contribution in [3.63, 3.8) is 0 Å². The Balaban J connectivity index is 2.08. The summed E-state index contributed by atoms with van der Waals surface area (Å²) in [5.41, 5.74) is 0.257. The van der Waals surface area contributed by atoms with Gasteiger partial charge in [0.2, 0.25) is 11.8 Å². The SMILES string of the molecule is CC1(C)C(=O)NCCN1C(=O)C(S)Cc1ccccc1. The van der Waals surface area contributed by atoms with E-state index in [4.69, 9.17) is 0 Å². The number of thiol groups is 1. The van der Waals surface area contributed by atoms with E-state index in [-0.39, 0.29) is 11.8 Å². The van der Waals surface area contributed by atoms with Gasteiger partial charge in [0.15, 0.2) is 0 Å². The highest BCUT2D eigenvalue weighted by atomic mass is 32.1. The summed E-state index contributed by atoms with van der Waals surface area (Å²) in [7, 11) is 0. The van der Waals surface area contributed by atoms with E-state index in [2.05, 4.69) is 17.9 Å². The van der Waals surface area contributed by atoms with Crippen molar-refractivity contribution >= 4 is 24.4 Å². The Morgan fingerprint density at radius 1 is 1.40 bits per heavy atom. The zero-order chi connectivity index (χ0) is 14.8. The first-order valence-corrected chi connectivity index (χ1v) is 7.26. The molecule has 1 unspecified atom stereocenters. The predicted molar refractivity (Wildman–Crippen MR) is 81.7 cm³/mol. The molecule has 1 saturated heterocycles. The fourth-order valence-corrected chi connectivity index (χ4v) is 2.74. The van der Waals surface area contributed by atoms with E-state index in [1.807, 2.05) is 30.3 Å². The third kappa shape index (κ3) is 2.98. The van der Waals surface area contributed by atoms with Crippen LogP contribution in [0.2, 0.25) is 0 Å². The predicted octanol–water partition coefficient (Wildman–Crippen LogP) is 1.26. The van der Waals surface area contributed by atoms with Crippen molar-refractivity contribution in [2.45, 2.75) is 31.1 Å². The quantitative estimate of drug-likeness (QED) is 0.824. The van der Waals surface area contributed by atoms with Gasteiger partial charge in [0.1, 0.15) is 5.54 Å². The van der Waals surface area contributed by atoms with Gasteiger partial charge < -0.3 is 10.2 Å². The molecule has 1 aromatic rings. The Morgan fingerprint density at radius 3 is 2.70 bits per heavy atom. The lowest BCUT2D eigenvalue weighted by Gasteiger charge is -2.42. The number of hydrogen-bond acceptors (Lipinski definition) is 3. The Hall–Kier alpha value is -1.49. The van der Waals surface area contributed by atoms with Crippen molar-refractivity contribution in [1.29, 1.82) is 0 Å². The van der Waals surface area contributed by atoms with E-state index in [1.165, 1.54) is 0 Å². The van der Waals surface area contributed by atoms with E-state index >= 15 is 0 Å². The molecule has 1 fully saturated rings. The van der Waals surface area contributed by atoms with Crippen LogP contribution in [0.3, 0.4) is 0 Å². The second kappa shape index (κ2) is 5.87. The average molecular weight is 292 g/mol. The number of rotatable bonds is 3. The number of nitrogens with zero attached hydrogens (tertiary/aromatic N) is 1. The summed E-state index contributed by atoms with van der Waals surface area (Å²) in [6.07, 6.45) is 0.566. The molecule has 0 aliphatic carbocycles. The van der Waals surface area contributed by atoms with Crippen molar-refractivity contribution < 1.29 is 9.59 Å². The standard InChI is InChI=1S/C15H20N2O2S/c1-15(2)14(19)16-8-9-17(15)13(18)12(20)10-11-6-4-3-5-7-11/h3-7,12,20H,8-10H2,1-2H3,(H,16,19). The Kier molecular flexibility index (Phi) is 4.38. The number of carbonyl (C=O) groups is 2. The van der Waals surface area contributed by atoms with Crippen LogP contribution in [-0.2, 0) is 16.0 Å². The van der Waals surface area contributed by atoms with E-state index in [9.17, 15) is 9.59 Å². The summed E-state index contributed by atoms with van der Waals surface area (Å²) in [5.74, 6) is -0.200. The van der Waals surface area contributed by atoms with Crippen molar-refractivity contribution in [3.05, 3.63) is 35.9 Å². The number of hydrogen-bond donors (Lipinski definition) is 2. The first-order chi connectivity index (χ1) is 9.43. The summed E-state index contributed by atoms with van der Waals surface area (Å²) in [6, 6.07) is 9.78. The molecular formula is C15H20N2O2S. The normalized spacial score (nSPS) is 19.4. The van der Waals surface area contributed by atoms with Gasteiger partial charge >= 0.3 is 0 Å². The third-order valence-electron chi connectivity index (χ3n) is 3.67. The molecule has 0 saturated carbocycles. The van der Waals surface area contributed by atoms with Crippen LogP contribution in [-0.4, -0.2) is 40.6 Å².